The largest absolute Gasteiger partial charge is 0.507 e. The zero-order chi connectivity index (χ0) is 19.9. The Morgan fingerprint density at radius 2 is 1.46 bits per heavy atom. The molecule has 0 amide bonds. The van der Waals surface area contributed by atoms with Gasteiger partial charge < -0.3 is 9.84 Å². The highest BCUT2D eigenvalue weighted by Crippen LogP contribution is 2.47. The average Bonchev–Trinajstić information content (AvgIpc) is 2.52. The number of ether oxygens (including phenoxy) is 1. The van der Waals surface area contributed by atoms with Crippen molar-refractivity contribution in [3.05, 3.63) is 28.8 Å². The third kappa shape index (κ3) is 4.07. The van der Waals surface area contributed by atoms with E-state index < -0.39 is 0 Å². The zero-order valence-electron chi connectivity index (χ0n) is 17.8. The molecule has 2 rings (SSSR count). The fraction of sp³-hybridized carbons (Fsp3) is 0.696. The molecular weight excluding hydrogens is 324 g/mol. The second-order valence-corrected chi connectivity index (χ2v) is 10.3. The van der Waals surface area contributed by atoms with E-state index in [-0.39, 0.29) is 28.1 Å². The van der Waals surface area contributed by atoms with Crippen molar-refractivity contribution in [2.24, 2.45) is 5.92 Å². The van der Waals surface area contributed by atoms with Gasteiger partial charge in [-0.05, 0) is 58.6 Å². The molecule has 3 heteroatoms. The van der Waals surface area contributed by atoms with E-state index in [1.54, 1.807) is 0 Å². The molecule has 1 saturated carbocycles. The predicted molar refractivity (Wildman–Crippen MR) is 107 cm³/mol. The van der Waals surface area contributed by atoms with Gasteiger partial charge >= 0.3 is 5.97 Å². The Morgan fingerprint density at radius 1 is 1.04 bits per heavy atom. The maximum Gasteiger partial charge on any atom is 0.308 e. The molecule has 0 heterocycles. The molecule has 146 valence electrons. The van der Waals surface area contributed by atoms with Gasteiger partial charge in [0, 0.05) is 0 Å². The summed E-state index contributed by atoms with van der Waals surface area (Å²) in [5, 5.41) is 11.0. The van der Waals surface area contributed by atoms with Gasteiger partial charge in [0.2, 0.25) is 0 Å². The summed E-state index contributed by atoms with van der Waals surface area (Å²) < 4.78 is 4.93. The second-order valence-electron chi connectivity index (χ2n) is 10.3. The van der Waals surface area contributed by atoms with Gasteiger partial charge in [-0.1, -0.05) is 60.6 Å². The third-order valence-corrected chi connectivity index (χ3v) is 6.05. The molecule has 3 nitrogen and oxygen atoms in total. The van der Waals surface area contributed by atoms with E-state index in [1.807, 2.05) is 0 Å². The van der Waals surface area contributed by atoms with Gasteiger partial charge in [-0.3, -0.25) is 4.79 Å². The van der Waals surface area contributed by atoms with Gasteiger partial charge in [0.25, 0.3) is 0 Å². The van der Waals surface area contributed by atoms with Crippen LogP contribution in [0, 0.1) is 5.92 Å². The van der Waals surface area contributed by atoms with Crippen LogP contribution in [0.2, 0.25) is 0 Å². The molecule has 1 aromatic carbocycles. The molecule has 0 atom stereocenters. The van der Waals surface area contributed by atoms with Crippen molar-refractivity contribution in [2.45, 2.75) is 90.4 Å². The number of hydrogen-bond donors (Lipinski definition) is 1. The van der Waals surface area contributed by atoms with Gasteiger partial charge in [-0.15, -0.1) is 0 Å². The molecule has 0 saturated heterocycles. The summed E-state index contributed by atoms with van der Waals surface area (Å²) in [7, 11) is 1.47. The maximum absolute atomic E-state index is 11.9. The van der Waals surface area contributed by atoms with Crippen molar-refractivity contribution in [1.29, 1.82) is 0 Å². The summed E-state index contributed by atoms with van der Waals surface area (Å²) >= 11 is 0. The van der Waals surface area contributed by atoms with E-state index in [0.717, 1.165) is 36.8 Å². The molecule has 1 N–H and O–H groups in total. The lowest BCUT2D eigenvalue weighted by atomic mass is 9.66. The molecule has 1 fully saturated rings. The number of methoxy groups -OCH3 is 1. The number of carbonyl (C=O) groups excluding carboxylic acids is 1. The summed E-state index contributed by atoms with van der Waals surface area (Å²) in [4.78, 5) is 11.9. The van der Waals surface area contributed by atoms with Crippen LogP contribution in [-0.2, 0) is 25.8 Å². The van der Waals surface area contributed by atoms with Crippen LogP contribution >= 0.6 is 0 Å². The Hall–Kier alpha value is -1.51. The number of phenols is 1. The number of benzene rings is 1. The van der Waals surface area contributed by atoms with Gasteiger partial charge in [0.15, 0.2) is 0 Å². The first-order valence-corrected chi connectivity index (χ1v) is 9.76. The Labute approximate surface area is 159 Å². The molecule has 26 heavy (non-hydrogen) atoms. The molecule has 0 unspecified atom stereocenters. The molecule has 0 aromatic heterocycles. The summed E-state index contributed by atoms with van der Waals surface area (Å²) in [6.07, 6.45) is 3.65. The van der Waals surface area contributed by atoms with Gasteiger partial charge in [-0.25, -0.2) is 0 Å². The molecule has 0 aliphatic heterocycles. The van der Waals surface area contributed by atoms with E-state index in [0.29, 0.717) is 5.75 Å². The highest BCUT2D eigenvalue weighted by atomic mass is 16.5. The summed E-state index contributed by atoms with van der Waals surface area (Å²) in [5.74, 6) is 0.374. The maximum atomic E-state index is 11.9. The van der Waals surface area contributed by atoms with Gasteiger partial charge in [-0.2, -0.15) is 0 Å². The molecule has 1 aromatic rings. The molecule has 0 bridgehead atoms. The molecule has 0 spiro atoms. The highest BCUT2D eigenvalue weighted by molar-refractivity contribution is 5.72. The minimum absolute atomic E-state index is 0.0226. The first-order chi connectivity index (χ1) is 11.8. The third-order valence-electron chi connectivity index (χ3n) is 6.05. The Morgan fingerprint density at radius 3 is 1.81 bits per heavy atom. The van der Waals surface area contributed by atoms with Crippen LogP contribution in [0.1, 0.15) is 90.8 Å². The predicted octanol–water partition coefficient (Wildman–Crippen LogP) is 5.61. The van der Waals surface area contributed by atoms with Crippen molar-refractivity contribution in [1.82, 2.24) is 0 Å². The fourth-order valence-electron chi connectivity index (χ4n) is 4.07. The topological polar surface area (TPSA) is 46.5 Å². The highest BCUT2D eigenvalue weighted by Gasteiger charge is 2.37. The Kier molecular flexibility index (Phi) is 5.52. The van der Waals surface area contributed by atoms with Crippen LogP contribution in [0.3, 0.4) is 0 Å². The lowest BCUT2D eigenvalue weighted by molar-refractivity contribution is -0.146. The van der Waals surface area contributed by atoms with Gasteiger partial charge in [0.05, 0.1) is 13.0 Å². The Bertz CT molecular complexity index is 631. The summed E-state index contributed by atoms with van der Waals surface area (Å²) in [6.45, 7) is 15.2. The van der Waals surface area contributed by atoms with E-state index >= 15 is 0 Å². The Balaban J connectivity index is 2.48. The lowest BCUT2D eigenvalue weighted by Crippen LogP contribution is -2.33. The average molecular weight is 361 g/mol. The van der Waals surface area contributed by atoms with E-state index in [4.69, 9.17) is 4.74 Å². The van der Waals surface area contributed by atoms with Crippen LogP contribution in [0.15, 0.2) is 12.1 Å². The van der Waals surface area contributed by atoms with Crippen LogP contribution in [0.4, 0.5) is 0 Å². The quantitative estimate of drug-likeness (QED) is 0.697. The second kappa shape index (κ2) is 6.90. The van der Waals surface area contributed by atoms with Crippen LogP contribution in [0.5, 0.6) is 5.75 Å². The number of rotatable bonds is 2. The molecule has 0 radical (unpaired) electrons. The monoisotopic (exact) mass is 360 g/mol. The van der Waals surface area contributed by atoms with Crippen molar-refractivity contribution < 1.29 is 14.6 Å². The standard InChI is InChI=1S/C23H36O3/c1-21(2,3)17-13-16(14-18(19(17)24)22(4,5)6)23(7)11-9-15(10-12-23)20(25)26-8/h13-15,24H,9-12H2,1-8H3/t15-,23-. The van der Waals surface area contributed by atoms with Crippen LogP contribution in [-0.4, -0.2) is 18.2 Å². The molecule has 1 aliphatic carbocycles. The van der Waals surface area contributed by atoms with E-state index in [2.05, 4.69) is 60.6 Å². The summed E-state index contributed by atoms with van der Waals surface area (Å²) in [6, 6.07) is 4.39. The zero-order valence-corrected chi connectivity index (χ0v) is 17.8. The van der Waals surface area contributed by atoms with Crippen LogP contribution < -0.4 is 0 Å². The SMILES string of the molecule is COC(=O)[C@H]1CC[C@](C)(c2cc(C(C)(C)C)c(O)c(C(C)(C)C)c2)CC1. The van der Waals surface area contributed by atoms with Crippen molar-refractivity contribution in [2.75, 3.05) is 7.11 Å². The minimum atomic E-state index is -0.125. The summed E-state index contributed by atoms with van der Waals surface area (Å²) in [5.41, 5.74) is 3.08. The first-order valence-electron chi connectivity index (χ1n) is 9.76. The molecular formula is C23H36O3. The van der Waals surface area contributed by atoms with Gasteiger partial charge in [0.1, 0.15) is 5.75 Å². The number of aromatic hydroxyl groups is 1. The lowest BCUT2D eigenvalue weighted by Gasteiger charge is -2.39. The van der Waals surface area contributed by atoms with Crippen LogP contribution in [0.25, 0.3) is 0 Å². The van der Waals surface area contributed by atoms with Crippen molar-refractivity contribution >= 4 is 5.97 Å². The number of hydrogen-bond acceptors (Lipinski definition) is 3. The smallest absolute Gasteiger partial charge is 0.308 e. The fourth-order valence-corrected chi connectivity index (χ4v) is 4.07. The van der Waals surface area contributed by atoms with Crippen molar-refractivity contribution in [3.63, 3.8) is 0 Å². The number of phenolic OH excluding ortho intramolecular Hbond substituents is 1. The van der Waals surface area contributed by atoms with E-state index in [1.165, 1.54) is 12.7 Å². The first kappa shape index (κ1) is 20.8. The number of esters is 1. The normalized spacial score (nSPS) is 24.4. The number of carbonyl (C=O) groups is 1. The van der Waals surface area contributed by atoms with Crippen molar-refractivity contribution in [3.8, 4) is 5.75 Å². The molecule has 1 aliphatic rings. The minimum Gasteiger partial charge on any atom is -0.507 e. The van der Waals surface area contributed by atoms with E-state index in [9.17, 15) is 9.90 Å².